The van der Waals surface area contributed by atoms with E-state index in [9.17, 15) is 4.79 Å². The number of likely N-dealkylation sites (tertiary alicyclic amines) is 2. The molecule has 4 heterocycles. The average Bonchev–Trinajstić information content (AvgIpc) is 3.15. The summed E-state index contributed by atoms with van der Waals surface area (Å²) in [5.41, 5.74) is 3.46. The number of nitrogens with zero attached hydrogens (tertiary/aromatic N) is 5. The summed E-state index contributed by atoms with van der Waals surface area (Å²) in [6.45, 7) is 6.16. The van der Waals surface area contributed by atoms with Gasteiger partial charge in [0.2, 0.25) is 0 Å². The Morgan fingerprint density at radius 2 is 1.70 bits per heavy atom. The second kappa shape index (κ2) is 8.19. The highest BCUT2D eigenvalue weighted by molar-refractivity contribution is 5.94. The third-order valence-electron chi connectivity index (χ3n) is 6.61. The van der Waals surface area contributed by atoms with Gasteiger partial charge in [-0.25, -0.2) is 9.97 Å². The van der Waals surface area contributed by atoms with E-state index in [-0.39, 0.29) is 5.91 Å². The molecule has 2 aliphatic heterocycles. The van der Waals surface area contributed by atoms with Gasteiger partial charge < -0.3 is 9.80 Å². The lowest BCUT2D eigenvalue weighted by Gasteiger charge is -2.40. The van der Waals surface area contributed by atoms with Gasteiger partial charge >= 0.3 is 0 Å². The Morgan fingerprint density at radius 1 is 0.967 bits per heavy atom. The van der Waals surface area contributed by atoms with Gasteiger partial charge in [-0.1, -0.05) is 6.42 Å². The molecule has 2 aromatic heterocycles. The monoisotopic (exact) mass is 403 g/mol. The molecule has 156 valence electrons. The SMILES string of the molecule is Cc1nc2cccnc2n1-c1ccc(C(=O)N2CCC(N3CCCCC3)CC2)cc1. The van der Waals surface area contributed by atoms with Crippen molar-refractivity contribution < 1.29 is 4.79 Å². The van der Waals surface area contributed by atoms with Gasteiger partial charge in [0, 0.05) is 36.6 Å². The Hall–Kier alpha value is -2.73. The molecule has 0 spiro atoms. The number of rotatable bonds is 3. The van der Waals surface area contributed by atoms with E-state index in [1.807, 2.05) is 52.8 Å². The minimum atomic E-state index is 0.143. The number of aromatic nitrogens is 3. The zero-order valence-electron chi connectivity index (χ0n) is 17.6. The first kappa shape index (κ1) is 19.2. The van der Waals surface area contributed by atoms with Crippen LogP contribution in [-0.2, 0) is 0 Å². The van der Waals surface area contributed by atoms with Crippen LogP contribution in [0.25, 0.3) is 16.9 Å². The molecule has 0 radical (unpaired) electrons. The molecule has 6 nitrogen and oxygen atoms in total. The summed E-state index contributed by atoms with van der Waals surface area (Å²) >= 11 is 0. The highest BCUT2D eigenvalue weighted by atomic mass is 16.2. The highest BCUT2D eigenvalue weighted by Crippen LogP contribution is 2.23. The number of pyridine rings is 1. The van der Waals surface area contributed by atoms with Crippen molar-refractivity contribution in [3.63, 3.8) is 0 Å². The maximum atomic E-state index is 13.0. The number of imidazole rings is 1. The normalized spacial score (nSPS) is 18.8. The fourth-order valence-corrected chi connectivity index (χ4v) is 4.99. The van der Waals surface area contributed by atoms with Gasteiger partial charge in [-0.15, -0.1) is 0 Å². The Morgan fingerprint density at radius 3 is 2.43 bits per heavy atom. The molecule has 0 aliphatic carbocycles. The van der Waals surface area contributed by atoms with Crippen molar-refractivity contribution >= 4 is 17.1 Å². The number of carbonyl (C=O) groups is 1. The summed E-state index contributed by atoms with van der Waals surface area (Å²) in [4.78, 5) is 26.8. The summed E-state index contributed by atoms with van der Waals surface area (Å²) in [5, 5.41) is 0. The number of hydrogen-bond donors (Lipinski definition) is 0. The largest absolute Gasteiger partial charge is 0.339 e. The molecule has 0 unspecified atom stereocenters. The zero-order valence-corrected chi connectivity index (χ0v) is 17.6. The Labute approximate surface area is 177 Å². The summed E-state index contributed by atoms with van der Waals surface area (Å²) < 4.78 is 2.04. The number of aryl methyl sites for hydroxylation is 1. The van der Waals surface area contributed by atoms with Crippen molar-refractivity contribution in [1.29, 1.82) is 0 Å². The van der Waals surface area contributed by atoms with Crippen LogP contribution in [0.4, 0.5) is 0 Å². The van der Waals surface area contributed by atoms with Gasteiger partial charge in [0.15, 0.2) is 5.65 Å². The van der Waals surface area contributed by atoms with Crippen LogP contribution in [0.3, 0.4) is 0 Å². The third-order valence-corrected chi connectivity index (χ3v) is 6.61. The van der Waals surface area contributed by atoms with E-state index in [1.54, 1.807) is 6.20 Å². The summed E-state index contributed by atoms with van der Waals surface area (Å²) in [6, 6.07) is 12.4. The van der Waals surface area contributed by atoms with E-state index in [0.717, 1.165) is 54.2 Å². The van der Waals surface area contributed by atoms with Crippen LogP contribution >= 0.6 is 0 Å². The van der Waals surface area contributed by atoms with E-state index < -0.39 is 0 Å². The number of amides is 1. The number of fused-ring (bicyclic) bond motifs is 1. The van der Waals surface area contributed by atoms with Gasteiger partial charge in [0.1, 0.15) is 11.3 Å². The van der Waals surface area contributed by atoms with E-state index >= 15 is 0 Å². The Bertz CT molecular complexity index is 1030. The third kappa shape index (κ3) is 3.60. The first-order valence-corrected chi connectivity index (χ1v) is 11.1. The summed E-state index contributed by atoms with van der Waals surface area (Å²) in [6.07, 6.45) is 7.99. The van der Waals surface area contributed by atoms with E-state index in [2.05, 4.69) is 14.9 Å². The van der Waals surface area contributed by atoms with Crippen LogP contribution in [0.1, 0.15) is 48.3 Å². The van der Waals surface area contributed by atoms with Gasteiger partial charge in [0.05, 0.1) is 0 Å². The molecule has 5 rings (SSSR count). The molecule has 2 saturated heterocycles. The molecule has 0 atom stereocenters. The minimum absolute atomic E-state index is 0.143. The molecule has 30 heavy (non-hydrogen) atoms. The minimum Gasteiger partial charge on any atom is -0.339 e. The smallest absolute Gasteiger partial charge is 0.253 e. The molecule has 0 saturated carbocycles. The fourth-order valence-electron chi connectivity index (χ4n) is 4.99. The first-order valence-electron chi connectivity index (χ1n) is 11.1. The summed E-state index contributed by atoms with van der Waals surface area (Å²) in [5.74, 6) is 1.03. The molecule has 2 aliphatic rings. The maximum absolute atomic E-state index is 13.0. The van der Waals surface area contributed by atoms with Crippen molar-refractivity contribution in [2.75, 3.05) is 26.2 Å². The van der Waals surface area contributed by atoms with Crippen molar-refractivity contribution in [2.45, 2.75) is 45.1 Å². The van der Waals surface area contributed by atoms with Crippen LogP contribution in [0.2, 0.25) is 0 Å². The molecular formula is C24H29N5O. The number of piperidine rings is 2. The van der Waals surface area contributed by atoms with Crippen LogP contribution in [0.15, 0.2) is 42.6 Å². The van der Waals surface area contributed by atoms with Crippen LogP contribution in [-0.4, -0.2) is 62.5 Å². The van der Waals surface area contributed by atoms with Crippen molar-refractivity contribution in [3.05, 3.63) is 54.0 Å². The lowest BCUT2D eigenvalue weighted by atomic mass is 9.99. The van der Waals surface area contributed by atoms with Gasteiger partial charge in [-0.3, -0.25) is 9.36 Å². The molecule has 6 heteroatoms. The second-order valence-electron chi connectivity index (χ2n) is 8.51. The van der Waals surface area contributed by atoms with Crippen molar-refractivity contribution in [1.82, 2.24) is 24.3 Å². The summed E-state index contributed by atoms with van der Waals surface area (Å²) in [7, 11) is 0. The molecule has 0 bridgehead atoms. The van der Waals surface area contributed by atoms with Crippen molar-refractivity contribution in [3.8, 4) is 5.69 Å². The number of hydrogen-bond acceptors (Lipinski definition) is 4. The highest BCUT2D eigenvalue weighted by Gasteiger charge is 2.28. The predicted molar refractivity (Wildman–Crippen MR) is 118 cm³/mol. The molecular weight excluding hydrogens is 374 g/mol. The maximum Gasteiger partial charge on any atom is 0.253 e. The van der Waals surface area contributed by atoms with Crippen LogP contribution in [0.5, 0.6) is 0 Å². The first-order chi connectivity index (χ1) is 14.7. The Kier molecular flexibility index (Phi) is 5.25. The number of carbonyl (C=O) groups excluding carboxylic acids is 1. The van der Waals surface area contributed by atoms with Crippen molar-refractivity contribution in [2.24, 2.45) is 0 Å². The van der Waals surface area contributed by atoms with Gasteiger partial charge in [0.25, 0.3) is 5.91 Å². The molecule has 1 aromatic carbocycles. The fraction of sp³-hybridized carbons (Fsp3) is 0.458. The van der Waals surface area contributed by atoms with E-state index in [1.165, 1.54) is 32.4 Å². The quantitative estimate of drug-likeness (QED) is 0.667. The zero-order chi connectivity index (χ0) is 20.5. The lowest BCUT2D eigenvalue weighted by Crippen LogP contribution is -2.48. The second-order valence-corrected chi connectivity index (χ2v) is 8.51. The predicted octanol–water partition coefficient (Wildman–Crippen LogP) is 3.82. The molecule has 0 N–H and O–H groups in total. The van der Waals surface area contributed by atoms with E-state index in [0.29, 0.717) is 6.04 Å². The molecule has 3 aromatic rings. The Balaban J connectivity index is 1.28. The number of benzene rings is 1. The van der Waals surface area contributed by atoms with Crippen LogP contribution < -0.4 is 0 Å². The standard InChI is InChI=1S/C24H29N5O/c1-18-26-22-6-5-13-25-23(22)29(18)21-9-7-19(8-10-21)24(30)28-16-11-20(12-17-28)27-14-3-2-4-15-27/h5-10,13,20H,2-4,11-12,14-17H2,1H3. The molecule has 1 amide bonds. The topological polar surface area (TPSA) is 54.3 Å². The molecule has 2 fully saturated rings. The lowest BCUT2D eigenvalue weighted by molar-refractivity contribution is 0.0590. The van der Waals surface area contributed by atoms with Gasteiger partial charge in [-0.05, 0) is 82.1 Å². The van der Waals surface area contributed by atoms with Gasteiger partial charge in [-0.2, -0.15) is 0 Å². The van der Waals surface area contributed by atoms with Crippen LogP contribution in [0, 0.1) is 6.92 Å². The average molecular weight is 404 g/mol. The van der Waals surface area contributed by atoms with E-state index in [4.69, 9.17) is 0 Å².